The van der Waals surface area contributed by atoms with Gasteiger partial charge in [0.1, 0.15) is 12.2 Å². The molecule has 0 aliphatic carbocycles. The molecule has 0 atom stereocenters. The Balaban J connectivity index is 2.06. The molecule has 2 heterocycles. The summed E-state index contributed by atoms with van der Waals surface area (Å²) in [5, 5.41) is 22.7. The van der Waals surface area contributed by atoms with Crippen LogP contribution in [0.5, 0.6) is 0 Å². The summed E-state index contributed by atoms with van der Waals surface area (Å²) in [6.45, 7) is 4.36. The first-order valence-electron chi connectivity index (χ1n) is 5.40. The Bertz CT molecular complexity index is 375. The molecule has 2 radical (unpaired) electrons. The summed E-state index contributed by atoms with van der Waals surface area (Å²) >= 11 is 0. The highest BCUT2D eigenvalue weighted by molar-refractivity contribution is 5.37. The van der Waals surface area contributed by atoms with Crippen molar-refractivity contribution >= 4 is 5.95 Å². The molecule has 1 aliphatic heterocycles. The molecule has 1 aromatic heterocycles. The molecule has 5 nitrogen and oxygen atoms in total. The number of hydrogen-bond donors (Lipinski definition) is 0. The molecule has 0 N–H and O–H groups in total. The minimum absolute atomic E-state index is 0.103. The van der Waals surface area contributed by atoms with Crippen LogP contribution in [0.4, 0.5) is 5.95 Å². The largest absolute Gasteiger partial charge is 0.335 e. The Morgan fingerprint density at radius 1 is 1.50 bits per heavy atom. The van der Waals surface area contributed by atoms with E-state index in [9.17, 15) is 10.2 Å². The predicted octanol–water partition coefficient (Wildman–Crippen LogP) is 1.05. The summed E-state index contributed by atoms with van der Waals surface area (Å²) in [7, 11) is 0. The van der Waals surface area contributed by atoms with Gasteiger partial charge in [-0.1, -0.05) is 13.8 Å². The molecule has 0 bridgehead atoms. The third kappa shape index (κ3) is 1.88. The lowest BCUT2D eigenvalue weighted by Crippen LogP contribution is -2.64. The molecule has 1 fully saturated rings. The molecular weight excluding hydrogens is 206 g/mol. The first kappa shape index (κ1) is 11.3. The number of hydrogen-bond acceptors (Lipinski definition) is 3. The van der Waals surface area contributed by atoms with Crippen LogP contribution >= 0.6 is 0 Å². The van der Waals surface area contributed by atoms with E-state index in [4.69, 9.17) is 0 Å². The van der Waals surface area contributed by atoms with Crippen molar-refractivity contribution in [3.05, 3.63) is 18.0 Å². The van der Waals surface area contributed by atoms with E-state index in [1.54, 1.807) is 12.3 Å². The molecule has 1 aliphatic rings. The number of nitrogens with zero attached hydrogens (tertiary/aromatic N) is 3. The Morgan fingerprint density at radius 3 is 2.75 bits per heavy atom. The molecule has 0 saturated carbocycles. The number of aromatic nitrogens is 2. The van der Waals surface area contributed by atoms with Crippen molar-refractivity contribution in [2.75, 3.05) is 18.0 Å². The van der Waals surface area contributed by atoms with Gasteiger partial charge in [-0.3, -0.25) is 0 Å². The second-order valence-electron chi connectivity index (χ2n) is 4.57. The van der Waals surface area contributed by atoms with Crippen molar-refractivity contribution in [3.8, 4) is 0 Å². The lowest BCUT2D eigenvalue weighted by Gasteiger charge is -2.47. The maximum Gasteiger partial charge on any atom is 0.225 e. The van der Waals surface area contributed by atoms with E-state index in [0.29, 0.717) is 24.7 Å². The molecule has 86 valence electrons. The van der Waals surface area contributed by atoms with Gasteiger partial charge in [-0.05, 0) is 12.0 Å². The van der Waals surface area contributed by atoms with E-state index in [-0.39, 0.29) is 12.5 Å². The maximum atomic E-state index is 12.0. The fourth-order valence-electron chi connectivity index (χ4n) is 1.72. The maximum absolute atomic E-state index is 12.0. The molecule has 0 amide bonds. The number of anilines is 1. The van der Waals surface area contributed by atoms with Gasteiger partial charge in [0.15, 0.2) is 0 Å². The topological polar surface area (TPSA) is 68.8 Å². The van der Waals surface area contributed by atoms with E-state index in [2.05, 4.69) is 9.97 Å². The van der Waals surface area contributed by atoms with Crippen LogP contribution in [0.15, 0.2) is 12.3 Å². The molecule has 1 aromatic rings. The third-order valence-corrected chi connectivity index (χ3v) is 3.10. The van der Waals surface area contributed by atoms with Gasteiger partial charge in [-0.15, -0.1) is 0 Å². The second kappa shape index (κ2) is 3.99. The average molecular weight is 221 g/mol. The molecule has 1 saturated heterocycles. The number of rotatable bonds is 3. The lowest BCUT2D eigenvalue weighted by molar-refractivity contribution is -0.0885. The average Bonchev–Trinajstić information content (AvgIpc) is 2.24. The first-order valence-corrected chi connectivity index (χ1v) is 5.40. The van der Waals surface area contributed by atoms with Crippen LogP contribution in [0.2, 0.25) is 0 Å². The summed E-state index contributed by atoms with van der Waals surface area (Å²) in [6, 6.07) is 1.60. The van der Waals surface area contributed by atoms with Gasteiger partial charge in [0.05, 0.1) is 18.8 Å². The molecule has 2 rings (SSSR count). The normalized spacial score (nSPS) is 18.7. The SMILES string of the molecule is CC(C)C1([O])CN(c2nccc(C[O])n2)C1. The van der Waals surface area contributed by atoms with Gasteiger partial charge in [-0.25, -0.2) is 20.2 Å². The van der Waals surface area contributed by atoms with Crippen molar-refractivity contribution in [1.82, 2.24) is 9.97 Å². The minimum Gasteiger partial charge on any atom is -0.335 e. The van der Waals surface area contributed by atoms with Crippen LogP contribution in [0.1, 0.15) is 19.5 Å². The zero-order valence-electron chi connectivity index (χ0n) is 9.51. The van der Waals surface area contributed by atoms with Gasteiger partial charge in [0, 0.05) is 6.20 Å². The predicted molar refractivity (Wildman–Crippen MR) is 56.9 cm³/mol. The molecule has 5 heteroatoms. The Hall–Kier alpha value is -1.20. The Morgan fingerprint density at radius 2 is 2.19 bits per heavy atom. The van der Waals surface area contributed by atoms with Crippen LogP contribution in [0, 0.1) is 5.92 Å². The van der Waals surface area contributed by atoms with Crippen molar-refractivity contribution < 1.29 is 10.2 Å². The lowest BCUT2D eigenvalue weighted by atomic mass is 9.83. The van der Waals surface area contributed by atoms with E-state index < -0.39 is 5.60 Å². The van der Waals surface area contributed by atoms with Gasteiger partial charge < -0.3 is 4.90 Å². The Kier molecular flexibility index (Phi) is 2.82. The van der Waals surface area contributed by atoms with Gasteiger partial charge in [-0.2, -0.15) is 0 Å². The second-order valence-corrected chi connectivity index (χ2v) is 4.57. The summed E-state index contributed by atoms with van der Waals surface area (Å²) < 4.78 is 0. The summed E-state index contributed by atoms with van der Waals surface area (Å²) in [5.41, 5.74) is -0.422. The van der Waals surface area contributed by atoms with Crippen LogP contribution in [0.25, 0.3) is 0 Å². The van der Waals surface area contributed by atoms with Crippen LogP contribution in [-0.2, 0) is 16.8 Å². The van der Waals surface area contributed by atoms with Crippen LogP contribution < -0.4 is 4.90 Å². The monoisotopic (exact) mass is 221 g/mol. The van der Waals surface area contributed by atoms with Crippen molar-refractivity contribution in [3.63, 3.8) is 0 Å². The molecule has 0 aromatic carbocycles. The molecule has 16 heavy (non-hydrogen) atoms. The van der Waals surface area contributed by atoms with Gasteiger partial charge in [0.25, 0.3) is 0 Å². The standard InChI is InChI=1S/C11H15N3O2/c1-8(2)11(16)6-14(7-11)10-12-4-3-9(5-15)13-10/h3-4,8H,5-7H2,1-2H3. The fourth-order valence-corrected chi connectivity index (χ4v) is 1.72. The van der Waals surface area contributed by atoms with Crippen LogP contribution in [-0.4, -0.2) is 28.7 Å². The summed E-state index contributed by atoms with van der Waals surface area (Å²) in [4.78, 5) is 10.00. The fraction of sp³-hybridized carbons (Fsp3) is 0.636. The quantitative estimate of drug-likeness (QED) is 0.766. The molecule has 0 unspecified atom stereocenters. The van der Waals surface area contributed by atoms with Gasteiger partial charge in [0.2, 0.25) is 5.95 Å². The summed E-state index contributed by atoms with van der Waals surface area (Å²) in [6.07, 6.45) is 1.57. The van der Waals surface area contributed by atoms with Gasteiger partial charge >= 0.3 is 0 Å². The highest BCUT2D eigenvalue weighted by Gasteiger charge is 2.46. The van der Waals surface area contributed by atoms with E-state index >= 15 is 0 Å². The minimum atomic E-state index is -0.892. The molecular formula is C11H15N3O2. The van der Waals surface area contributed by atoms with Crippen LogP contribution in [0.3, 0.4) is 0 Å². The van der Waals surface area contributed by atoms with Crippen molar-refractivity contribution in [2.24, 2.45) is 5.92 Å². The van der Waals surface area contributed by atoms with E-state index in [1.165, 1.54) is 0 Å². The molecule has 0 spiro atoms. The zero-order chi connectivity index (χ0) is 11.8. The first-order chi connectivity index (χ1) is 7.55. The highest BCUT2D eigenvalue weighted by Crippen LogP contribution is 2.31. The third-order valence-electron chi connectivity index (χ3n) is 3.10. The van der Waals surface area contributed by atoms with Crippen molar-refractivity contribution in [1.29, 1.82) is 0 Å². The van der Waals surface area contributed by atoms with E-state index in [0.717, 1.165) is 0 Å². The highest BCUT2D eigenvalue weighted by atomic mass is 16.3. The van der Waals surface area contributed by atoms with Crippen molar-refractivity contribution in [2.45, 2.75) is 26.1 Å². The summed E-state index contributed by atoms with van der Waals surface area (Å²) in [5.74, 6) is 0.604. The van der Waals surface area contributed by atoms with E-state index in [1.807, 2.05) is 18.7 Å². The smallest absolute Gasteiger partial charge is 0.225 e. The Labute approximate surface area is 94.8 Å². The zero-order valence-corrected chi connectivity index (χ0v) is 9.51.